The molecular weight excluding hydrogens is 214 g/mol. The molecule has 0 heterocycles. The second kappa shape index (κ2) is 6.62. The molecule has 84 valence electrons. The Kier molecular flexibility index (Phi) is 6.70. The first kappa shape index (κ1) is 14.2. The summed E-state index contributed by atoms with van der Waals surface area (Å²) in [6.07, 6.45) is 2.96. The SMILES string of the molecule is CC[C@@H](C)C(=O)NCC(C)(C)SSC. The van der Waals surface area contributed by atoms with Crippen molar-refractivity contribution < 1.29 is 4.79 Å². The summed E-state index contributed by atoms with van der Waals surface area (Å²) < 4.78 is 0.114. The smallest absolute Gasteiger partial charge is 0.222 e. The molecule has 4 heteroatoms. The quantitative estimate of drug-likeness (QED) is 0.718. The molecule has 0 aliphatic rings. The standard InChI is InChI=1S/C10H21NOS2/c1-6-8(2)9(12)11-7-10(3,4)14-13-5/h8H,6-7H2,1-5H3,(H,11,12)/t8-/m1/s1. The molecule has 0 unspecified atom stereocenters. The predicted octanol–water partition coefficient (Wildman–Crippen LogP) is 2.94. The molecule has 1 N–H and O–H groups in total. The molecule has 0 radical (unpaired) electrons. The van der Waals surface area contributed by atoms with E-state index in [4.69, 9.17) is 0 Å². The van der Waals surface area contributed by atoms with Crippen LogP contribution in [0.25, 0.3) is 0 Å². The van der Waals surface area contributed by atoms with Crippen molar-refractivity contribution in [2.75, 3.05) is 12.8 Å². The van der Waals surface area contributed by atoms with E-state index < -0.39 is 0 Å². The van der Waals surface area contributed by atoms with Gasteiger partial charge in [0.15, 0.2) is 0 Å². The first-order valence-corrected chi connectivity index (χ1v) is 7.48. The van der Waals surface area contributed by atoms with Crippen LogP contribution in [-0.4, -0.2) is 23.5 Å². The zero-order valence-electron chi connectivity index (χ0n) is 9.72. The van der Waals surface area contributed by atoms with E-state index in [2.05, 4.69) is 25.4 Å². The Hall–Kier alpha value is 0.170. The summed E-state index contributed by atoms with van der Waals surface area (Å²) >= 11 is 0. The second-order valence-electron chi connectivity index (χ2n) is 4.04. The van der Waals surface area contributed by atoms with Gasteiger partial charge >= 0.3 is 0 Å². The Morgan fingerprint density at radius 2 is 2.07 bits per heavy atom. The minimum absolute atomic E-state index is 0.114. The summed E-state index contributed by atoms with van der Waals surface area (Å²) in [7, 11) is 3.54. The highest BCUT2D eigenvalue weighted by molar-refractivity contribution is 8.76. The van der Waals surface area contributed by atoms with Crippen LogP contribution in [0.2, 0.25) is 0 Å². The van der Waals surface area contributed by atoms with Gasteiger partial charge in [0.25, 0.3) is 0 Å². The molecule has 0 saturated heterocycles. The van der Waals surface area contributed by atoms with E-state index in [1.54, 1.807) is 21.6 Å². The fourth-order valence-corrected chi connectivity index (χ4v) is 3.03. The van der Waals surface area contributed by atoms with Gasteiger partial charge in [0, 0.05) is 17.2 Å². The molecule has 1 atom stereocenters. The highest BCUT2D eigenvalue weighted by Crippen LogP contribution is 2.32. The van der Waals surface area contributed by atoms with Crippen LogP contribution < -0.4 is 5.32 Å². The Labute approximate surface area is 95.4 Å². The van der Waals surface area contributed by atoms with Crippen LogP contribution in [-0.2, 0) is 4.79 Å². The minimum atomic E-state index is 0.114. The maximum Gasteiger partial charge on any atom is 0.222 e. The molecule has 0 spiro atoms. The van der Waals surface area contributed by atoms with Gasteiger partial charge in [0.2, 0.25) is 5.91 Å². The van der Waals surface area contributed by atoms with Crippen molar-refractivity contribution in [1.82, 2.24) is 5.32 Å². The number of carbonyl (C=O) groups is 1. The van der Waals surface area contributed by atoms with Gasteiger partial charge in [0.1, 0.15) is 0 Å². The third-order valence-electron chi connectivity index (χ3n) is 2.06. The Morgan fingerprint density at radius 3 is 2.50 bits per heavy atom. The number of rotatable bonds is 6. The summed E-state index contributed by atoms with van der Waals surface area (Å²) in [5, 5.41) is 2.99. The molecule has 0 rings (SSSR count). The van der Waals surface area contributed by atoms with E-state index in [1.807, 2.05) is 13.8 Å². The lowest BCUT2D eigenvalue weighted by Gasteiger charge is -2.23. The fraction of sp³-hybridized carbons (Fsp3) is 0.900. The third-order valence-corrected chi connectivity index (χ3v) is 4.67. The van der Waals surface area contributed by atoms with Crippen LogP contribution in [0.4, 0.5) is 0 Å². The van der Waals surface area contributed by atoms with Crippen molar-refractivity contribution in [2.45, 2.75) is 38.9 Å². The summed E-state index contributed by atoms with van der Waals surface area (Å²) in [6.45, 7) is 9.02. The van der Waals surface area contributed by atoms with Gasteiger partial charge in [-0.15, -0.1) is 0 Å². The molecular formula is C10H21NOS2. The molecule has 0 bridgehead atoms. The van der Waals surface area contributed by atoms with E-state index >= 15 is 0 Å². The zero-order chi connectivity index (χ0) is 11.2. The number of carbonyl (C=O) groups excluding carboxylic acids is 1. The topological polar surface area (TPSA) is 29.1 Å². The molecule has 0 aromatic rings. The molecule has 14 heavy (non-hydrogen) atoms. The summed E-state index contributed by atoms with van der Waals surface area (Å²) in [4.78, 5) is 11.5. The second-order valence-corrected chi connectivity index (χ2v) is 7.14. The molecule has 1 amide bonds. The highest BCUT2D eigenvalue weighted by atomic mass is 33.1. The van der Waals surface area contributed by atoms with Crippen LogP contribution in [0.3, 0.4) is 0 Å². The lowest BCUT2D eigenvalue weighted by molar-refractivity contribution is -0.124. The summed E-state index contributed by atoms with van der Waals surface area (Å²) in [5.74, 6) is 0.298. The molecule has 0 saturated carbocycles. The monoisotopic (exact) mass is 235 g/mol. The number of amides is 1. The van der Waals surface area contributed by atoms with Crippen molar-refractivity contribution in [1.29, 1.82) is 0 Å². The summed E-state index contributed by atoms with van der Waals surface area (Å²) in [6, 6.07) is 0. The van der Waals surface area contributed by atoms with Crippen molar-refractivity contribution >= 4 is 27.5 Å². The average molecular weight is 235 g/mol. The fourth-order valence-electron chi connectivity index (χ4n) is 0.915. The van der Waals surface area contributed by atoms with E-state index in [9.17, 15) is 4.79 Å². The first-order valence-electron chi connectivity index (χ1n) is 4.92. The van der Waals surface area contributed by atoms with Crippen molar-refractivity contribution in [3.8, 4) is 0 Å². The molecule has 0 fully saturated rings. The van der Waals surface area contributed by atoms with Gasteiger partial charge < -0.3 is 5.32 Å². The molecule has 0 aromatic heterocycles. The van der Waals surface area contributed by atoms with E-state index in [-0.39, 0.29) is 16.6 Å². The Morgan fingerprint density at radius 1 is 1.50 bits per heavy atom. The Balaban J connectivity index is 3.87. The van der Waals surface area contributed by atoms with Gasteiger partial charge in [-0.3, -0.25) is 4.79 Å². The average Bonchev–Trinajstić information content (AvgIpc) is 2.13. The number of hydrogen-bond acceptors (Lipinski definition) is 3. The lowest BCUT2D eigenvalue weighted by Crippen LogP contribution is -2.38. The van der Waals surface area contributed by atoms with Crippen LogP contribution in [0.15, 0.2) is 0 Å². The highest BCUT2D eigenvalue weighted by Gasteiger charge is 2.20. The van der Waals surface area contributed by atoms with Gasteiger partial charge in [-0.25, -0.2) is 0 Å². The van der Waals surface area contributed by atoms with E-state index in [1.165, 1.54) is 0 Å². The van der Waals surface area contributed by atoms with Crippen molar-refractivity contribution in [2.24, 2.45) is 5.92 Å². The molecule has 0 aliphatic carbocycles. The van der Waals surface area contributed by atoms with E-state index in [0.29, 0.717) is 0 Å². The van der Waals surface area contributed by atoms with E-state index in [0.717, 1.165) is 13.0 Å². The van der Waals surface area contributed by atoms with Gasteiger partial charge in [-0.1, -0.05) is 35.4 Å². The van der Waals surface area contributed by atoms with Gasteiger partial charge in [0.05, 0.1) is 0 Å². The van der Waals surface area contributed by atoms with Crippen molar-refractivity contribution in [3.05, 3.63) is 0 Å². The number of hydrogen-bond donors (Lipinski definition) is 1. The molecule has 0 aromatic carbocycles. The van der Waals surface area contributed by atoms with Crippen molar-refractivity contribution in [3.63, 3.8) is 0 Å². The maximum atomic E-state index is 11.5. The maximum absolute atomic E-state index is 11.5. The van der Waals surface area contributed by atoms with Gasteiger partial charge in [-0.05, 0) is 26.5 Å². The third kappa shape index (κ3) is 5.81. The predicted molar refractivity (Wildman–Crippen MR) is 67.6 cm³/mol. The first-order chi connectivity index (χ1) is 6.43. The van der Waals surface area contributed by atoms with Crippen LogP contribution in [0.5, 0.6) is 0 Å². The van der Waals surface area contributed by atoms with Crippen LogP contribution in [0, 0.1) is 5.92 Å². The zero-order valence-corrected chi connectivity index (χ0v) is 11.3. The lowest BCUT2D eigenvalue weighted by atomic mass is 10.1. The molecule has 2 nitrogen and oxygen atoms in total. The van der Waals surface area contributed by atoms with Crippen LogP contribution in [0.1, 0.15) is 34.1 Å². The largest absolute Gasteiger partial charge is 0.354 e. The van der Waals surface area contributed by atoms with Crippen LogP contribution >= 0.6 is 21.6 Å². The molecule has 0 aliphatic heterocycles. The minimum Gasteiger partial charge on any atom is -0.354 e. The van der Waals surface area contributed by atoms with Gasteiger partial charge in [-0.2, -0.15) is 0 Å². The Bertz CT molecular complexity index is 183. The normalized spacial score (nSPS) is 13.8. The number of nitrogens with one attached hydrogen (secondary N) is 1. The summed E-state index contributed by atoms with van der Waals surface area (Å²) in [5.41, 5.74) is 0.